The molecule has 1 atom stereocenters. The van der Waals surface area contributed by atoms with Crippen LogP contribution in [0.2, 0.25) is 0 Å². The molecule has 3 aromatic carbocycles. The summed E-state index contributed by atoms with van der Waals surface area (Å²) in [7, 11) is 0. The molecule has 1 unspecified atom stereocenters. The normalized spacial score (nSPS) is 18.3. The highest BCUT2D eigenvalue weighted by Crippen LogP contribution is 2.36. The van der Waals surface area contributed by atoms with Crippen molar-refractivity contribution in [2.45, 2.75) is 18.4 Å². The standard InChI is InChI=1S/C27H26FN3O2/c28-21-11-12-24-22(17-21)23(27(33)29-24)18-25(32)30-13-15-31(16-14-30)26(19-7-3-1-4-8-19)20-9-5-2-6-10-20/h1-12,17,23,26H,13-16,18H2,(H,29,33). The van der Waals surface area contributed by atoms with Crippen LogP contribution in [0.3, 0.4) is 0 Å². The Kier molecular flexibility index (Phi) is 5.92. The fraction of sp³-hybridized carbons (Fsp3) is 0.259. The number of nitrogens with one attached hydrogen (secondary N) is 1. The van der Waals surface area contributed by atoms with Crippen LogP contribution in [0.25, 0.3) is 0 Å². The lowest BCUT2D eigenvalue weighted by Crippen LogP contribution is -2.50. The molecule has 33 heavy (non-hydrogen) atoms. The second-order valence-electron chi connectivity index (χ2n) is 8.62. The lowest BCUT2D eigenvalue weighted by Gasteiger charge is -2.40. The molecule has 6 heteroatoms. The maximum Gasteiger partial charge on any atom is 0.232 e. The molecule has 1 N–H and O–H groups in total. The molecule has 0 saturated carbocycles. The highest BCUT2D eigenvalue weighted by Gasteiger charge is 2.35. The van der Waals surface area contributed by atoms with Crippen LogP contribution < -0.4 is 5.32 Å². The third-order valence-electron chi connectivity index (χ3n) is 6.60. The maximum absolute atomic E-state index is 13.7. The van der Waals surface area contributed by atoms with E-state index in [1.54, 1.807) is 6.07 Å². The number of amides is 2. The Morgan fingerprint density at radius 3 is 2.12 bits per heavy atom. The molecule has 0 aliphatic carbocycles. The van der Waals surface area contributed by atoms with Crippen molar-refractivity contribution in [3.63, 3.8) is 0 Å². The molecule has 2 aliphatic rings. The van der Waals surface area contributed by atoms with Crippen molar-refractivity contribution in [3.05, 3.63) is 101 Å². The number of carbonyl (C=O) groups excluding carboxylic acids is 2. The van der Waals surface area contributed by atoms with Gasteiger partial charge in [0.2, 0.25) is 11.8 Å². The van der Waals surface area contributed by atoms with E-state index in [4.69, 9.17) is 0 Å². The van der Waals surface area contributed by atoms with Crippen molar-refractivity contribution >= 4 is 17.5 Å². The summed E-state index contributed by atoms with van der Waals surface area (Å²) in [6.07, 6.45) is 0.0586. The molecule has 5 rings (SSSR count). The summed E-state index contributed by atoms with van der Waals surface area (Å²) in [6.45, 7) is 2.67. The third-order valence-corrected chi connectivity index (χ3v) is 6.60. The summed E-state index contributed by atoms with van der Waals surface area (Å²) < 4.78 is 13.7. The van der Waals surface area contributed by atoms with Gasteiger partial charge >= 0.3 is 0 Å². The van der Waals surface area contributed by atoms with Gasteiger partial charge in [-0.3, -0.25) is 14.5 Å². The van der Waals surface area contributed by atoms with E-state index >= 15 is 0 Å². The molecule has 5 nitrogen and oxygen atoms in total. The van der Waals surface area contributed by atoms with Gasteiger partial charge in [-0.25, -0.2) is 4.39 Å². The van der Waals surface area contributed by atoms with E-state index in [-0.39, 0.29) is 24.3 Å². The van der Waals surface area contributed by atoms with Crippen LogP contribution in [0.15, 0.2) is 78.9 Å². The van der Waals surface area contributed by atoms with E-state index in [0.29, 0.717) is 24.3 Å². The van der Waals surface area contributed by atoms with Crippen molar-refractivity contribution in [2.75, 3.05) is 31.5 Å². The number of fused-ring (bicyclic) bond motifs is 1. The molecule has 2 amide bonds. The zero-order chi connectivity index (χ0) is 22.8. The van der Waals surface area contributed by atoms with Crippen molar-refractivity contribution in [1.82, 2.24) is 9.80 Å². The van der Waals surface area contributed by atoms with Crippen LogP contribution in [0.1, 0.15) is 35.1 Å². The summed E-state index contributed by atoms with van der Waals surface area (Å²) in [5.41, 5.74) is 3.62. The van der Waals surface area contributed by atoms with Gasteiger partial charge in [-0.1, -0.05) is 60.7 Å². The molecule has 0 spiro atoms. The van der Waals surface area contributed by atoms with Crippen LogP contribution in [-0.2, 0) is 9.59 Å². The molecule has 2 aliphatic heterocycles. The Morgan fingerprint density at radius 2 is 1.52 bits per heavy atom. The number of hydrogen-bond donors (Lipinski definition) is 1. The molecular weight excluding hydrogens is 417 g/mol. The lowest BCUT2D eigenvalue weighted by atomic mass is 9.95. The van der Waals surface area contributed by atoms with Crippen molar-refractivity contribution < 1.29 is 14.0 Å². The predicted octanol–water partition coefficient (Wildman–Crippen LogP) is 4.19. The minimum Gasteiger partial charge on any atom is -0.340 e. The quantitative estimate of drug-likeness (QED) is 0.644. The second kappa shape index (κ2) is 9.16. The van der Waals surface area contributed by atoms with Crippen LogP contribution in [-0.4, -0.2) is 47.8 Å². The Labute approximate surface area is 192 Å². The molecule has 168 valence electrons. The summed E-state index contributed by atoms with van der Waals surface area (Å²) in [5, 5.41) is 2.76. The van der Waals surface area contributed by atoms with Crippen molar-refractivity contribution in [1.29, 1.82) is 0 Å². The number of halogens is 1. The second-order valence-corrected chi connectivity index (χ2v) is 8.62. The molecule has 0 radical (unpaired) electrons. The Balaban J connectivity index is 1.27. The minimum atomic E-state index is -0.636. The van der Waals surface area contributed by atoms with Gasteiger partial charge in [0.15, 0.2) is 0 Å². The van der Waals surface area contributed by atoms with Gasteiger partial charge in [0.1, 0.15) is 5.82 Å². The Bertz CT molecular complexity index is 1110. The number of carbonyl (C=O) groups is 2. The number of benzene rings is 3. The number of rotatable bonds is 5. The number of nitrogens with zero attached hydrogens (tertiary/aromatic N) is 2. The van der Waals surface area contributed by atoms with E-state index in [9.17, 15) is 14.0 Å². The zero-order valence-electron chi connectivity index (χ0n) is 18.3. The van der Waals surface area contributed by atoms with E-state index in [1.807, 2.05) is 17.0 Å². The van der Waals surface area contributed by atoms with Crippen LogP contribution in [0.4, 0.5) is 10.1 Å². The van der Waals surface area contributed by atoms with E-state index in [2.05, 4.69) is 58.7 Å². The van der Waals surface area contributed by atoms with Gasteiger partial charge < -0.3 is 10.2 Å². The summed E-state index contributed by atoms with van der Waals surface area (Å²) in [5.74, 6) is -1.34. The lowest BCUT2D eigenvalue weighted by molar-refractivity contribution is -0.135. The van der Waals surface area contributed by atoms with Gasteiger partial charge in [-0.05, 0) is 34.9 Å². The van der Waals surface area contributed by atoms with Crippen LogP contribution in [0, 0.1) is 5.82 Å². The van der Waals surface area contributed by atoms with Crippen LogP contribution in [0.5, 0.6) is 0 Å². The molecule has 0 bridgehead atoms. The first kappa shape index (κ1) is 21.3. The Morgan fingerprint density at radius 1 is 0.909 bits per heavy atom. The molecule has 3 aromatic rings. The summed E-state index contributed by atoms with van der Waals surface area (Å²) >= 11 is 0. The minimum absolute atomic E-state index is 0.0586. The fourth-order valence-corrected chi connectivity index (χ4v) is 4.92. The van der Waals surface area contributed by atoms with E-state index in [1.165, 1.54) is 23.3 Å². The van der Waals surface area contributed by atoms with Gasteiger partial charge in [-0.2, -0.15) is 0 Å². The van der Waals surface area contributed by atoms with Gasteiger partial charge in [-0.15, -0.1) is 0 Å². The molecule has 1 saturated heterocycles. The predicted molar refractivity (Wildman–Crippen MR) is 125 cm³/mol. The van der Waals surface area contributed by atoms with E-state index < -0.39 is 11.7 Å². The molecule has 0 aromatic heterocycles. The van der Waals surface area contributed by atoms with Crippen molar-refractivity contribution in [3.8, 4) is 0 Å². The highest BCUT2D eigenvalue weighted by atomic mass is 19.1. The van der Waals surface area contributed by atoms with Gasteiger partial charge in [0.25, 0.3) is 0 Å². The van der Waals surface area contributed by atoms with Crippen LogP contribution >= 0.6 is 0 Å². The number of piperazine rings is 1. The number of hydrogen-bond acceptors (Lipinski definition) is 3. The SMILES string of the molecule is O=C1Nc2ccc(F)cc2C1CC(=O)N1CCN(C(c2ccccc2)c2ccccc2)CC1. The largest absolute Gasteiger partial charge is 0.340 e. The smallest absolute Gasteiger partial charge is 0.232 e. The summed E-state index contributed by atoms with van der Waals surface area (Å²) in [6, 6.07) is 25.2. The fourth-order valence-electron chi connectivity index (χ4n) is 4.92. The van der Waals surface area contributed by atoms with Crippen molar-refractivity contribution in [2.24, 2.45) is 0 Å². The average Bonchev–Trinajstić information content (AvgIpc) is 3.15. The topological polar surface area (TPSA) is 52.7 Å². The molecule has 1 fully saturated rings. The average molecular weight is 444 g/mol. The maximum atomic E-state index is 13.7. The van der Waals surface area contributed by atoms with Gasteiger partial charge in [0, 0.05) is 38.3 Å². The molecule has 2 heterocycles. The monoisotopic (exact) mass is 443 g/mol. The van der Waals surface area contributed by atoms with Gasteiger partial charge in [0.05, 0.1) is 12.0 Å². The van der Waals surface area contributed by atoms with E-state index in [0.717, 1.165) is 13.1 Å². The Hall–Kier alpha value is -3.51. The third kappa shape index (κ3) is 4.39. The zero-order valence-corrected chi connectivity index (χ0v) is 18.3. The first-order valence-electron chi connectivity index (χ1n) is 11.3. The summed E-state index contributed by atoms with van der Waals surface area (Å²) in [4.78, 5) is 29.7. The highest BCUT2D eigenvalue weighted by molar-refractivity contribution is 6.04. The first-order chi connectivity index (χ1) is 16.1. The number of anilines is 1. The first-order valence-corrected chi connectivity index (χ1v) is 11.3. The molecular formula is C27H26FN3O2.